The fourth-order valence-electron chi connectivity index (χ4n) is 3.32. The minimum atomic E-state index is -3.87. The number of thiophene rings is 1. The number of nitrogens with zero attached hydrogens (tertiary/aromatic N) is 2. The first-order valence-corrected chi connectivity index (χ1v) is 11.6. The van der Waals surface area contributed by atoms with Gasteiger partial charge in [0, 0.05) is 24.7 Å². The van der Waals surface area contributed by atoms with Crippen LogP contribution in [0.4, 0.5) is 0 Å². The molecular formula is C19H21N3O5S2. The highest BCUT2D eigenvalue weighted by Crippen LogP contribution is 2.29. The molecule has 0 aromatic carbocycles. The lowest BCUT2D eigenvalue weighted by molar-refractivity contribution is 0.0708. The summed E-state index contributed by atoms with van der Waals surface area (Å²) < 4.78 is 39.0. The lowest BCUT2D eigenvalue weighted by Gasteiger charge is -2.32. The number of hydrogen-bond acceptors (Lipinski definition) is 7. The van der Waals surface area contributed by atoms with Gasteiger partial charge in [-0.3, -0.25) is 4.79 Å². The van der Waals surface area contributed by atoms with Crippen LogP contribution < -0.4 is 4.72 Å². The van der Waals surface area contributed by atoms with E-state index in [1.165, 1.54) is 17.4 Å². The van der Waals surface area contributed by atoms with Crippen molar-refractivity contribution in [2.45, 2.75) is 37.8 Å². The summed E-state index contributed by atoms with van der Waals surface area (Å²) in [6, 6.07) is 6.18. The molecule has 4 rings (SSSR count). The molecule has 1 unspecified atom stereocenters. The van der Waals surface area contributed by atoms with Gasteiger partial charge in [-0.2, -0.15) is 0 Å². The fourth-order valence-corrected chi connectivity index (χ4v) is 5.21. The van der Waals surface area contributed by atoms with Crippen LogP contribution in [0.25, 0.3) is 11.5 Å². The predicted molar refractivity (Wildman–Crippen MR) is 107 cm³/mol. The smallest absolute Gasteiger partial charge is 0.274 e. The van der Waals surface area contributed by atoms with Gasteiger partial charge in [-0.15, -0.1) is 11.3 Å². The zero-order valence-corrected chi connectivity index (χ0v) is 17.7. The van der Waals surface area contributed by atoms with Gasteiger partial charge in [-0.25, -0.2) is 13.1 Å². The molecule has 29 heavy (non-hydrogen) atoms. The molecule has 3 aromatic rings. The van der Waals surface area contributed by atoms with Crippen LogP contribution in [-0.2, 0) is 10.0 Å². The van der Waals surface area contributed by atoms with Gasteiger partial charge in [-0.1, -0.05) is 11.2 Å². The molecule has 1 atom stereocenters. The number of furan rings is 1. The van der Waals surface area contributed by atoms with Crippen molar-refractivity contribution in [3.63, 3.8) is 0 Å². The van der Waals surface area contributed by atoms with E-state index in [0.717, 1.165) is 17.7 Å². The van der Waals surface area contributed by atoms with Gasteiger partial charge in [0.05, 0.1) is 10.6 Å². The Balaban J connectivity index is 1.47. The summed E-state index contributed by atoms with van der Waals surface area (Å²) in [5.41, 5.74) is 1.52. The number of aromatic nitrogens is 1. The van der Waals surface area contributed by atoms with Crippen LogP contribution in [-0.4, -0.2) is 43.5 Å². The van der Waals surface area contributed by atoms with E-state index >= 15 is 0 Å². The summed E-state index contributed by atoms with van der Waals surface area (Å²) in [5.74, 6) is 0.649. The highest BCUT2D eigenvalue weighted by molar-refractivity contribution is 7.89. The van der Waals surface area contributed by atoms with Crippen molar-refractivity contribution in [1.82, 2.24) is 14.8 Å². The maximum Gasteiger partial charge on any atom is 0.274 e. The number of carbonyl (C=O) groups excluding carboxylic acids is 1. The molecule has 1 saturated heterocycles. The highest BCUT2D eigenvalue weighted by Gasteiger charge is 2.30. The quantitative estimate of drug-likeness (QED) is 0.660. The number of aryl methyl sites for hydroxylation is 1. The van der Waals surface area contributed by atoms with E-state index < -0.39 is 10.0 Å². The first-order valence-electron chi connectivity index (χ1n) is 9.23. The van der Waals surface area contributed by atoms with Crippen LogP contribution >= 0.6 is 11.3 Å². The predicted octanol–water partition coefficient (Wildman–Crippen LogP) is 3.20. The molecule has 0 spiro atoms. The lowest BCUT2D eigenvalue weighted by atomic mass is 10.1. The first-order chi connectivity index (χ1) is 13.8. The second-order valence-corrected chi connectivity index (χ2v) is 9.62. The van der Waals surface area contributed by atoms with Crippen LogP contribution in [0.1, 0.15) is 33.8 Å². The van der Waals surface area contributed by atoms with Crippen molar-refractivity contribution < 1.29 is 22.2 Å². The third kappa shape index (κ3) is 4.00. The number of carbonyl (C=O) groups is 1. The van der Waals surface area contributed by atoms with Crippen LogP contribution in [0.2, 0.25) is 0 Å². The Labute approximate surface area is 172 Å². The minimum Gasteiger partial charge on any atom is -0.440 e. The van der Waals surface area contributed by atoms with E-state index in [4.69, 9.17) is 8.94 Å². The summed E-state index contributed by atoms with van der Waals surface area (Å²) in [5, 5.41) is 5.53. The standard InChI is InChI=1S/C19H21N3O5S2/c1-12-13(2)20-27-18(12)15-7-8-17(26-15)29(24,25)21-14-5-3-9-22(11-14)19(23)16-6-4-10-28-16/h4,6-8,10,14,21H,3,5,9,11H2,1-2H3. The third-order valence-corrected chi connectivity index (χ3v) is 7.24. The van der Waals surface area contributed by atoms with Gasteiger partial charge in [0.15, 0.2) is 5.76 Å². The summed E-state index contributed by atoms with van der Waals surface area (Å²) in [4.78, 5) is 14.9. The number of piperidine rings is 1. The topological polar surface area (TPSA) is 106 Å². The van der Waals surface area contributed by atoms with Crippen LogP contribution in [0.5, 0.6) is 0 Å². The Morgan fingerprint density at radius 2 is 2.14 bits per heavy atom. The molecular weight excluding hydrogens is 414 g/mol. The fraction of sp³-hybridized carbons (Fsp3) is 0.368. The van der Waals surface area contributed by atoms with Gasteiger partial charge in [0.25, 0.3) is 15.9 Å². The van der Waals surface area contributed by atoms with Crippen LogP contribution in [0.3, 0.4) is 0 Å². The van der Waals surface area contributed by atoms with Crippen molar-refractivity contribution in [2.75, 3.05) is 13.1 Å². The van der Waals surface area contributed by atoms with Gasteiger partial charge in [-0.05, 0) is 50.3 Å². The maximum absolute atomic E-state index is 12.8. The zero-order valence-electron chi connectivity index (χ0n) is 16.0. The molecule has 1 amide bonds. The molecule has 8 nitrogen and oxygen atoms in total. The number of sulfonamides is 1. The lowest BCUT2D eigenvalue weighted by Crippen LogP contribution is -2.49. The van der Waals surface area contributed by atoms with E-state index in [1.54, 1.807) is 24.0 Å². The molecule has 4 heterocycles. The molecule has 1 aliphatic rings. The van der Waals surface area contributed by atoms with E-state index in [0.29, 0.717) is 35.9 Å². The van der Waals surface area contributed by atoms with Gasteiger partial charge in [0.2, 0.25) is 10.9 Å². The van der Waals surface area contributed by atoms with Gasteiger partial charge >= 0.3 is 0 Å². The Bertz CT molecular complexity index is 1110. The monoisotopic (exact) mass is 435 g/mol. The molecule has 0 aliphatic carbocycles. The van der Waals surface area contributed by atoms with Gasteiger partial charge in [0.1, 0.15) is 0 Å². The molecule has 154 valence electrons. The Morgan fingerprint density at radius 1 is 1.31 bits per heavy atom. The number of amides is 1. The molecule has 0 radical (unpaired) electrons. The molecule has 3 aromatic heterocycles. The van der Waals surface area contributed by atoms with E-state index in [9.17, 15) is 13.2 Å². The molecule has 1 fully saturated rings. The average Bonchev–Trinajstić information content (AvgIpc) is 3.44. The van der Waals surface area contributed by atoms with E-state index in [2.05, 4.69) is 9.88 Å². The second-order valence-electron chi connectivity index (χ2n) is 7.03. The minimum absolute atomic E-state index is 0.0691. The highest BCUT2D eigenvalue weighted by atomic mass is 32.2. The Hall–Kier alpha value is -2.43. The molecule has 1 N–H and O–H groups in total. The van der Waals surface area contributed by atoms with E-state index in [-0.39, 0.29) is 17.0 Å². The van der Waals surface area contributed by atoms with Crippen molar-refractivity contribution in [3.05, 3.63) is 45.8 Å². The normalized spacial score (nSPS) is 17.6. The number of nitrogens with one attached hydrogen (secondary N) is 1. The van der Waals surface area contributed by atoms with Crippen molar-refractivity contribution in [3.8, 4) is 11.5 Å². The summed E-state index contributed by atoms with van der Waals surface area (Å²) in [6.07, 6.45) is 1.38. The molecule has 0 bridgehead atoms. The van der Waals surface area contributed by atoms with Crippen LogP contribution in [0.15, 0.2) is 43.7 Å². The van der Waals surface area contributed by atoms with E-state index in [1.807, 2.05) is 18.4 Å². The third-order valence-electron chi connectivity index (χ3n) is 4.99. The largest absolute Gasteiger partial charge is 0.440 e. The SMILES string of the molecule is Cc1noc(-c2ccc(S(=O)(=O)NC3CCCN(C(=O)c4cccs4)C3)o2)c1C. The van der Waals surface area contributed by atoms with Crippen molar-refractivity contribution in [2.24, 2.45) is 0 Å². The first kappa shape index (κ1) is 19.9. The average molecular weight is 436 g/mol. The molecule has 0 saturated carbocycles. The Morgan fingerprint density at radius 3 is 2.83 bits per heavy atom. The van der Waals surface area contributed by atoms with Crippen molar-refractivity contribution >= 4 is 27.3 Å². The summed E-state index contributed by atoms with van der Waals surface area (Å²) >= 11 is 1.38. The number of hydrogen-bond donors (Lipinski definition) is 1. The zero-order chi connectivity index (χ0) is 20.6. The van der Waals surface area contributed by atoms with Crippen LogP contribution in [0, 0.1) is 13.8 Å². The Kier molecular flexibility index (Phi) is 5.32. The summed E-state index contributed by atoms with van der Waals surface area (Å²) in [7, 11) is -3.87. The molecule has 1 aliphatic heterocycles. The summed E-state index contributed by atoms with van der Waals surface area (Å²) in [6.45, 7) is 4.57. The van der Waals surface area contributed by atoms with Gasteiger partial charge < -0.3 is 13.8 Å². The maximum atomic E-state index is 12.8. The second kappa shape index (κ2) is 7.77. The van der Waals surface area contributed by atoms with Crippen molar-refractivity contribution in [1.29, 1.82) is 0 Å². The number of rotatable bonds is 5. The number of likely N-dealkylation sites (tertiary alicyclic amines) is 1. The molecule has 10 heteroatoms.